The third-order valence-corrected chi connectivity index (χ3v) is 3.97. The molecule has 0 aliphatic carbocycles. The largest absolute Gasteiger partial charge is 0.494 e. The summed E-state index contributed by atoms with van der Waals surface area (Å²) in [6, 6.07) is 9.72. The van der Waals surface area contributed by atoms with Gasteiger partial charge in [-0.2, -0.15) is 5.26 Å². The summed E-state index contributed by atoms with van der Waals surface area (Å²) in [6.07, 6.45) is 0.662. The van der Waals surface area contributed by atoms with Crippen LogP contribution in [0.25, 0.3) is 0 Å². The summed E-state index contributed by atoms with van der Waals surface area (Å²) in [4.78, 5) is 23.5. The molecule has 6 nitrogen and oxygen atoms in total. The number of esters is 1. The predicted octanol–water partition coefficient (Wildman–Crippen LogP) is 2.75. The first-order valence-corrected chi connectivity index (χ1v) is 8.34. The molecule has 0 saturated carbocycles. The van der Waals surface area contributed by atoms with Crippen molar-refractivity contribution in [2.75, 3.05) is 13.2 Å². The van der Waals surface area contributed by atoms with E-state index in [0.717, 1.165) is 11.3 Å². The van der Waals surface area contributed by atoms with Crippen molar-refractivity contribution in [3.8, 4) is 11.8 Å². The Balaban J connectivity index is 2.23. The number of hydrogen-bond donors (Lipinski definition) is 1. The summed E-state index contributed by atoms with van der Waals surface area (Å²) in [7, 11) is 0. The minimum absolute atomic E-state index is 0.0592. The highest BCUT2D eigenvalue weighted by molar-refractivity contribution is 5.81. The van der Waals surface area contributed by atoms with Crippen LogP contribution in [0.5, 0.6) is 5.75 Å². The Kier molecular flexibility index (Phi) is 7.93. The Bertz CT molecular complexity index is 619. The Hall–Kier alpha value is -2.55. The van der Waals surface area contributed by atoms with E-state index >= 15 is 0 Å². The zero-order chi connectivity index (χ0) is 18.9. The molecule has 0 bridgehead atoms. The molecule has 0 radical (unpaired) electrons. The van der Waals surface area contributed by atoms with E-state index in [-0.39, 0.29) is 18.9 Å². The molecule has 1 atom stereocenters. The molecule has 136 valence electrons. The molecule has 0 aromatic heterocycles. The quantitative estimate of drug-likeness (QED) is 0.549. The Morgan fingerprint density at radius 2 is 1.92 bits per heavy atom. The molecule has 0 spiro atoms. The van der Waals surface area contributed by atoms with Crippen molar-refractivity contribution < 1.29 is 19.1 Å². The highest BCUT2D eigenvalue weighted by Gasteiger charge is 2.30. The summed E-state index contributed by atoms with van der Waals surface area (Å²) in [5.74, 6) is -0.258. The fourth-order valence-electron chi connectivity index (χ4n) is 1.89. The highest BCUT2D eigenvalue weighted by Crippen LogP contribution is 2.15. The molecular formula is C19H26N2O4. The van der Waals surface area contributed by atoms with E-state index in [9.17, 15) is 9.59 Å². The van der Waals surface area contributed by atoms with Crippen LogP contribution in [-0.4, -0.2) is 30.6 Å². The van der Waals surface area contributed by atoms with Crippen molar-refractivity contribution >= 4 is 11.9 Å². The molecule has 1 amide bonds. The van der Waals surface area contributed by atoms with E-state index in [2.05, 4.69) is 11.4 Å². The van der Waals surface area contributed by atoms with Crippen molar-refractivity contribution in [3.05, 3.63) is 29.8 Å². The van der Waals surface area contributed by atoms with Crippen LogP contribution < -0.4 is 10.1 Å². The molecule has 1 aromatic rings. The van der Waals surface area contributed by atoms with Crippen LogP contribution in [0.4, 0.5) is 0 Å². The summed E-state index contributed by atoms with van der Waals surface area (Å²) < 4.78 is 10.4. The molecule has 6 heteroatoms. The number of aryl methyl sites for hydroxylation is 1. The first-order chi connectivity index (χ1) is 11.8. The molecular weight excluding hydrogens is 320 g/mol. The second-order valence-corrected chi connectivity index (χ2v) is 6.44. The van der Waals surface area contributed by atoms with Gasteiger partial charge in [0.1, 0.15) is 11.3 Å². The predicted molar refractivity (Wildman–Crippen MR) is 93.9 cm³/mol. The van der Waals surface area contributed by atoms with E-state index in [0.29, 0.717) is 13.0 Å². The number of carbonyl (C=O) groups is 2. The van der Waals surface area contributed by atoms with Crippen molar-refractivity contribution in [3.63, 3.8) is 0 Å². The Labute approximate surface area is 149 Å². The number of amides is 1. The lowest BCUT2D eigenvalue weighted by Crippen LogP contribution is -2.50. The van der Waals surface area contributed by atoms with E-state index in [1.54, 1.807) is 6.92 Å². The first kappa shape index (κ1) is 20.5. The van der Waals surface area contributed by atoms with Crippen LogP contribution in [0.1, 0.15) is 39.2 Å². The fourth-order valence-corrected chi connectivity index (χ4v) is 1.89. The summed E-state index contributed by atoms with van der Waals surface area (Å²) >= 11 is 0. The van der Waals surface area contributed by atoms with Gasteiger partial charge >= 0.3 is 5.97 Å². The number of nitriles is 1. The maximum absolute atomic E-state index is 11.8. The minimum Gasteiger partial charge on any atom is -0.494 e. The number of rotatable bonds is 9. The number of nitrogens with one attached hydrogen (secondary N) is 1. The number of benzene rings is 1. The van der Waals surface area contributed by atoms with Crippen molar-refractivity contribution in [2.24, 2.45) is 5.92 Å². The van der Waals surface area contributed by atoms with Gasteiger partial charge in [-0.3, -0.25) is 9.59 Å². The van der Waals surface area contributed by atoms with Gasteiger partial charge in [0.05, 0.1) is 12.7 Å². The second kappa shape index (κ2) is 9.67. The molecule has 1 rings (SSSR count). The zero-order valence-electron chi connectivity index (χ0n) is 15.3. The Morgan fingerprint density at radius 3 is 2.48 bits per heavy atom. The van der Waals surface area contributed by atoms with E-state index < -0.39 is 17.4 Å². The van der Waals surface area contributed by atoms with Gasteiger partial charge in [-0.15, -0.1) is 0 Å². The second-order valence-electron chi connectivity index (χ2n) is 6.44. The van der Waals surface area contributed by atoms with Gasteiger partial charge in [-0.25, -0.2) is 0 Å². The molecule has 0 aliphatic heterocycles. The standard InChI is InChI=1S/C19H26N2O4/c1-14(2)19(4,13-20)21-17(22)12-25-18(23)6-5-11-24-16-9-7-15(3)8-10-16/h7-10,14H,5-6,11-12H2,1-4H3,(H,21,22)/t19-/m0/s1. The van der Waals surface area contributed by atoms with Crippen molar-refractivity contribution in [1.82, 2.24) is 5.32 Å². The van der Waals surface area contributed by atoms with Crippen LogP contribution >= 0.6 is 0 Å². The topological polar surface area (TPSA) is 88.4 Å². The summed E-state index contributed by atoms with van der Waals surface area (Å²) in [6.45, 7) is 7.31. The molecule has 0 heterocycles. The van der Waals surface area contributed by atoms with Crippen LogP contribution in [0, 0.1) is 24.2 Å². The normalized spacial score (nSPS) is 12.8. The number of nitrogens with zero attached hydrogens (tertiary/aromatic N) is 1. The van der Waals surface area contributed by atoms with E-state index in [1.165, 1.54) is 0 Å². The molecule has 1 N–H and O–H groups in total. The van der Waals surface area contributed by atoms with E-state index in [1.807, 2.05) is 45.0 Å². The zero-order valence-corrected chi connectivity index (χ0v) is 15.3. The SMILES string of the molecule is Cc1ccc(OCCCC(=O)OCC(=O)N[C@@](C)(C#N)C(C)C)cc1. The van der Waals surface area contributed by atoms with Gasteiger partial charge in [0, 0.05) is 6.42 Å². The first-order valence-electron chi connectivity index (χ1n) is 8.34. The lowest BCUT2D eigenvalue weighted by molar-refractivity contribution is -0.149. The fraction of sp³-hybridized carbons (Fsp3) is 0.526. The highest BCUT2D eigenvalue weighted by atomic mass is 16.5. The third kappa shape index (κ3) is 7.25. The maximum Gasteiger partial charge on any atom is 0.306 e. The molecule has 1 aromatic carbocycles. The average Bonchev–Trinajstić information content (AvgIpc) is 2.58. The van der Waals surface area contributed by atoms with Gasteiger partial charge < -0.3 is 14.8 Å². The Morgan fingerprint density at radius 1 is 1.28 bits per heavy atom. The van der Waals surface area contributed by atoms with Crippen LogP contribution in [0.3, 0.4) is 0 Å². The van der Waals surface area contributed by atoms with Gasteiger partial charge in [0.25, 0.3) is 5.91 Å². The maximum atomic E-state index is 11.8. The average molecular weight is 346 g/mol. The van der Waals surface area contributed by atoms with Crippen molar-refractivity contribution in [2.45, 2.75) is 46.1 Å². The minimum atomic E-state index is -0.981. The van der Waals surface area contributed by atoms with Gasteiger partial charge in [-0.05, 0) is 38.3 Å². The number of ether oxygens (including phenoxy) is 2. The molecule has 0 unspecified atom stereocenters. The molecule has 0 aliphatic rings. The van der Waals surface area contributed by atoms with Gasteiger partial charge in [-0.1, -0.05) is 31.5 Å². The monoisotopic (exact) mass is 346 g/mol. The van der Waals surface area contributed by atoms with Gasteiger partial charge in [0.15, 0.2) is 6.61 Å². The van der Waals surface area contributed by atoms with Crippen molar-refractivity contribution in [1.29, 1.82) is 5.26 Å². The van der Waals surface area contributed by atoms with E-state index in [4.69, 9.17) is 14.7 Å². The molecule has 0 fully saturated rings. The smallest absolute Gasteiger partial charge is 0.306 e. The van der Waals surface area contributed by atoms with Gasteiger partial charge in [0.2, 0.25) is 0 Å². The molecule has 25 heavy (non-hydrogen) atoms. The van der Waals surface area contributed by atoms with Crippen LogP contribution in [0.15, 0.2) is 24.3 Å². The van der Waals surface area contributed by atoms with Crippen LogP contribution in [0.2, 0.25) is 0 Å². The lowest BCUT2D eigenvalue weighted by atomic mass is 9.90. The third-order valence-electron chi connectivity index (χ3n) is 3.97. The summed E-state index contributed by atoms with van der Waals surface area (Å²) in [5, 5.41) is 11.7. The lowest BCUT2D eigenvalue weighted by Gasteiger charge is -2.27. The number of carbonyl (C=O) groups excluding carboxylic acids is 2. The summed E-state index contributed by atoms with van der Waals surface area (Å²) in [5.41, 5.74) is 0.171. The molecule has 0 saturated heterocycles. The van der Waals surface area contributed by atoms with Crippen LogP contribution in [-0.2, 0) is 14.3 Å². The number of hydrogen-bond acceptors (Lipinski definition) is 5.